The lowest BCUT2D eigenvalue weighted by Gasteiger charge is -2.17. The van der Waals surface area contributed by atoms with Gasteiger partial charge in [-0.25, -0.2) is 14.2 Å². The molecule has 1 aromatic heterocycles. The van der Waals surface area contributed by atoms with Crippen LogP contribution in [0.1, 0.15) is 12.0 Å². The van der Waals surface area contributed by atoms with Crippen molar-refractivity contribution < 1.29 is 23.4 Å². The molecule has 140 valence electrons. The van der Waals surface area contributed by atoms with E-state index in [0.29, 0.717) is 43.3 Å². The molecule has 4 rings (SSSR count). The molecule has 0 radical (unpaired) electrons. The second-order valence-corrected chi connectivity index (χ2v) is 6.31. The number of carbonyl (C=O) groups is 1. The van der Waals surface area contributed by atoms with E-state index in [2.05, 4.69) is 4.98 Å². The van der Waals surface area contributed by atoms with Crippen molar-refractivity contribution in [3.05, 3.63) is 60.1 Å². The summed E-state index contributed by atoms with van der Waals surface area (Å²) in [6.07, 6.45) is 3.23. The predicted octanol–water partition coefficient (Wildman–Crippen LogP) is 3.43. The topological polar surface area (TPSA) is 60.9 Å². The van der Waals surface area contributed by atoms with Gasteiger partial charge in [-0.3, -0.25) is 4.90 Å². The highest BCUT2D eigenvalue weighted by molar-refractivity contribution is 5.90. The van der Waals surface area contributed by atoms with Crippen LogP contribution in [0, 0.1) is 5.82 Å². The van der Waals surface area contributed by atoms with Crippen LogP contribution in [-0.2, 0) is 9.47 Å². The molecule has 1 saturated heterocycles. The molecule has 0 unspecified atom stereocenters. The number of cyclic esters (lactones) is 1. The number of carbonyl (C=O) groups excluding carboxylic acids is 1. The van der Waals surface area contributed by atoms with Crippen LogP contribution < -0.4 is 9.64 Å². The molecule has 27 heavy (non-hydrogen) atoms. The smallest absolute Gasteiger partial charge is 0.414 e. The summed E-state index contributed by atoms with van der Waals surface area (Å²) in [4.78, 5) is 17.7. The Bertz CT molecular complexity index is 856. The van der Waals surface area contributed by atoms with Crippen LogP contribution in [0.25, 0.3) is 5.57 Å². The normalized spacial score (nSPS) is 19.6. The number of ether oxygens (including phenoxy) is 3. The summed E-state index contributed by atoms with van der Waals surface area (Å²) in [6.45, 7) is 1.56. The van der Waals surface area contributed by atoms with E-state index in [1.165, 1.54) is 11.0 Å². The van der Waals surface area contributed by atoms with Crippen LogP contribution in [0.5, 0.6) is 5.88 Å². The number of hydrogen-bond acceptors (Lipinski definition) is 5. The van der Waals surface area contributed by atoms with Crippen molar-refractivity contribution in [2.24, 2.45) is 0 Å². The number of aromatic nitrogens is 1. The molecule has 2 aliphatic rings. The van der Waals surface area contributed by atoms with Gasteiger partial charge >= 0.3 is 6.09 Å². The van der Waals surface area contributed by atoms with Crippen molar-refractivity contribution in [1.82, 2.24) is 4.98 Å². The molecular weight excluding hydrogens is 351 g/mol. The lowest BCUT2D eigenvalue weighted by Crippen LogP contribution is -2.26. The van der Waals surface area contributed by atoms with Gasteiger partial charge in [0.15, 0.2) is 6.10 Å². The van der Waals surface area contributed by atoms with E-state index in [1.54, 1.807) is 30.5 Å². The summed E-state index contributed by atoms with van der Waals surface area (Å²) < 4.78 is 30.7. The second-order valence-electron chi connectivity index (χ2n) is 6.31. The number of pyridine rings is 1. The van der Waals surface area contributed by atoms with Gasteiger partial charge in [0.2, 0.25) is 5.88 Å². The van der Waals surface area contributed by atoms with Gasteiger partial charge in [-0.15, -0.1) is 0 Å². The zero-order valence-electron chi connectivity index (χ0n) is 14.6. The zero-order valence-corrected chi connectivity index (χ0v) is 14.6. The fourth-order valence-corrected chi connectivity index (χ4v) is 3.13. The van der Waals surface area contributed by atoms with E-state index in [0.717, 1.165) is 5.57 Å². The van der Waals surface area contributed by atoms with E-state index in [1.807, 2.05) is 12.1 Å². The van der Waals surface area contributed by atoms with Crippen LogP contribution >= 0.6 is 0 Å². The van der Waals surface area contributed by atoms with Crippen molar-refractivity contribution in [3.63, 3.8) is 0 Å². The Labute approximate surface area is 156 Å². The second kappa shape index (κ2) is 7.75. The molecule has 0 aliphatic carbocycles. The summed E-state index contributed by atoms with van der Waals surface area (Å²) in [7, 11) is 0. The minimum Gasteiger partial charge on any atom is -0.474 e. The van der Waals surface area contributed by atoms with Gasteiger partial charge in [-0.05, 0) is 36.3 Å². The SMILES string of the molecule is O=C1O[C@@H](COc2ccccn2)CN1c1ccc(C2=CCOCC2)c(F)c1. The lowest BCUT2D eigenvalue weighted by atomic mass is 10.0. The van der Waals surface area contributed by atoms with Gasteiger partial charge in [0, 0.05) is 17.8 Å². The molecule has 0 bridgehead atoms. The highest BCUT2D eigenvalue weighted by Crippen LogP contribution is 2.29. The first-order chi connectivity index (χ1) is 13.2. The molecule has 6 nitrogen and oxygen atoms in total. The van der Waals surface area contributed by atoms with Gasteiger partial charge in [0.1, 0.15) is 12.4 Å². The monoisotopic (exact) mass is 370 g/mol. The van der Waals surface area contributed by atoms with Gasteiger partial charge in [-0.2, -0.15) is 0 Å². The maximum atomic E-state index is 14.6. The molecule has 0 spiro atoms. The third kappa shape index (κ3) is 3.93. The number of anilines is 1. The van der Waals surface area contributed by atoms with E-state index >= 15 is 0 Å². The zero-order chi connectivity index (χ0) is 18.6. The van der Waals surface area contributed by atoms with Gasteiger partial charge in [0.25, 0.3) is 0 Å². The first kappa shape index (κ1) is 17.5. The summed E-state index contributed by atoms with van der Waals surface area (Å²) in [5.41, 5.74) is 1.94. The van der Waals surface area contributed by atoms with Crippen molar-refractivity contribution in [2.75, 3.05) is 31.3 Å². The number of hydrogen-bond donors (Lipinski definition) is 0. The minimum atomic E-state index is -0.512. The highest BCUT2D eigenvalue weighted by atomic mass is 19.1. The van der Waals surface area contributed by atoms with Crippen molar-refractivity contribution in [2.45, 2.75) is 12.5 Å². The Morgan fingerprint density at radius 3 is 2.96 bits per heavy atom. The van der Waals surface area contributed by atoms with E-state index in [4.69, 9.17) is 14.2 Å². The maximum absolute atomic E-state index is 14.6. The van der Waals surface area contributed by atoms with Crippen molar-refractivity contribution >= 4 is 17.4 Å². The third-order valence-corrected chi connectivity index (χ3v) is 4.50. The van der Waals surface area contributed by atoms with Gasteiger partial charge < -0.3 is 14.2 Å². The van der Waals surface area contributed by atoms with E-state index < -0.39 is 12.2 Å². The standard InChI is InChI=1S/C20H19FN2O4/c21-18-11-15(4-5-17(18)14-6-9-25-10-7-14)23-12-16(27-20(23)24)13-26-19-3-1-2-8-22-19/h1-6,8,11,16H,7,9-10,12-13H2/t16-/m1/s1. The number of amides is 1. The lowest BCUT2D eigenvalue weighted by molar-refractivity contribution is 0.103. The first-order valence-corrected chi connectivity index (χ1v) is 8.79. The van der Waals surface area contributed by atoms with Crippen LogP contribution in [-0.4, -0.2) is 43.5 Å². The summed E-state index contributed by atoms with van der Waals surface area (Å²) in [5, 5.41) is 0. The Morgan fingerprint density at radius 2 is 2.22 bits per heavy atom. The molecule has 2 aromatic rings. The average molecular weight is 370 g/mol. The molecule has 3 heterocycles. The number of halogens is 1. The molecule has 2 aliphatic heterocycles. The Kier molecular flexibility index (Phi) is 5.02. The van der Waals surface area contributed by atoms with Crippen LogP contribution in [0.3, 0.4) is 0 Å². The van der Waals surface area contributed by atoms with Crippen molar-refractivity contribution in [3.8, 4) is 5.88 Å². The summed E-state index contributed by atoms with van der Waals surface area (Å²) >= 11 is 0. The maximum Gasteiger partial charge on any atom is 0.414 e. The number of nitrogens with zero attached hydrogens (tertiary/aromatic N) is 2. The van der Waals surface area contributed by atoms with Crippen LogP contribution in [0.2, 0.25) is 0 Å². The molecular formula is C20H19FN2O4. The molecule has 1 amide bonds. The number of benzene rings is 1. The van der Waals surface area contributed by atoms with Crippen LogP contribution in [0.4, 0.5) is 14.9 Å². The summed E-state index contributed by atoms with van der Waals surface area (Å²) in [5.74, 6) is 0.105. The van der Waals surface area contributed by atoms with Gasteiger partial charge in [0.05, 0.1) is 25.4 Å². The molecule has 1 aromatic carbocycles. The van der Waals surface area contributed by atoms with Crippen molar-refractivity contribution in [1.29, 1.82) is 0 Å². The Balaban J connectivity index is 1.43. The fourth-order valence-electron chi connectivity index (χ4n) is 3.13. The van der Waals surface area contributed by atoms with E-state index in [9.17, 15) is 9.18 Å². The third-order valence-electron chi connectivity index (χ3n) is 4.50. The average Bonchev–Trinajstić information content (AvgIpc) is 3.08. The van der Waals surface area contributed by atoms with Crippen LogP contribution in [0.15, 0.2) is 48.7 Å². The summed E-state index contributed by atoms with van der Waals surface area (Å²) in [6, 6.07) is 10.1. The Hall–Kier alpha value is -2.93. The Morgan fingerprint density at radius 1 is 1.30 bits per heavy atom. The molecule has 0 N–H and O–H groups in total. The van der Waals surface area contributed by atoms with E-state index in [-0.39, 0.29) is 12.4 Å². The number of rotatable bonds is 5. The molecule has 7 heteroatoms. The minimum absolute atomic E-state index is 0.187. The molecule has 0 saturated carbocycles. The molecule has 1 atom stereocenters. The quantitative estimate of drug-likeness (QED) is 0.807. The first-order valence-electron chi connectivity index (χ1n) is 8.79. The highest BCUT2D eigenvalue weighted by Gasteiger charge is 2.33. The molecule has 1 fully saturated rings. The fraction of sp³-hybridized carbons (Fsp3) is 0.300. The van der Waals surface area contributed by atoms with Gasteiger partial charge in [-0.1, -0.05) is 12.1 Å². The predicted molar refractivity (Wildman–Crippen MR) is 97.2 cm³/mol. The largest absolute Gasteiger partial charge is 0.474 e.